The first kappa shape index (κ1) is 16.2. The Labute approximate surface area is 141 Å². The van der Waals surface area contributed by atoms with Crippen LogP contribution in [0.3, 0.4) is 0 Å². The molecule has 2 aromatic carbocycles. The van der Waals surface area contributed by atoms with Crippen LogP contribution in [0.15, 0.2) is 50.6 Å². The molecule has 0 atom stereocenters. The van der Waals surface area contributed by atoms with E-state index in [-0.39, 0.29) is 5.43 Å². The summed E-state index contributed by atoms with van der Waals surface area (Å²) in [6.07, 6.45) is 3.54. The fraction of sp³-hybridized carbons (Fsp3) is 0.300. The Morgan fingerprint density at radius 2 is 1.96 bits per heavy atom. The van der Waals surface area contributed by atoms with Crippen molar-refractivity contribution in [1.29, 1.82) is 0 Å². The number of nitrogens with one attached hydrogen (secondary N) is 1. The SMILES string of the molecule is CCCN=Cc1c(NCCC)oc2ccc3ccccc3c2c1=O. The van der Waals surface area contributed by atoms with Crippen LogP contribution in [0.4, 0.5) is 5.88 Å². The summed E-state index contributed by atoms with van der Waals surface area (Å²) >= 11 is 0. The Kier molecular flexibility index (Phi) is 4.94. The molecule has 24 heavy (non-hydrogen) atoms. The van der Waals surface area contributed by atoms with E-state index in [1.165, 1.54) is 0 Å². The van der Waals surface area contributed by atoms with Crippen LogP contribution in [-0.2, 0) is 0 Å². The molecule has 1 aromatic heterocycles. The molecule has 3 aromatic rings. The molecule has 0 fully saturated rings. The molecule has 0 saturated carbocycles. The monoisotopic (exact) mass is 322 g/mol. The molecule has 124 valence electrons. The molecule has 0 unspecified atom stereocenters. The maximum Gasteiger partial charge on any atom is 0.206 e. The summed E-state index contributed by atoms with van der Waals surface area (Å²) < 4.78 is 6.01. The highest BCUT2D eigenvalue weighted by Gasteiger charge is 2.14. The standard InChI is InChI=1S/C20H22N2O2/c1-3-11-21-13-16-19(23)18-15-8-6-5-7-14(15)9-10-17(18)24-20(16)22-12-4-2/h5-10,13,22H,3-4,11-12H2,1-2H3. The van der Waals surface area contributed by atoms with Gasteiger partial charge in [-0.15, -0.1) is 0 Å². The first-order valence-electron chi connectivity index (χ1n) is 8.48. The van der Waals surface area contributed by atoms with Crippen LogP contribution in [0.5, 0.6) is 0 Å². The van der Waals surface area contributed by atoms with Gasteiger partial charge in [-0.05, 0) is 29.7 Å². The second-order valence-electron chi connectivity index (χ2n) is 5.80. The molecule has 0 saturated heterocycles. The quantitative estimate of drug-likeness (QED) is 0.533. The molecular weight excluding hydrogens is 300 g/mol. The molecule has 4 heteroatoms. The molecular formula is C20H22N2O2. The lowest BCUT2D eigenvalue weighted by molar-refractivity contribution is 0.613. The number of rotatable bonds is 6. The molecule has 3 rings (SSSR count). The number of anilines is 1. The molecule has 0 bridgehead atoms. The zero-order valence-electron chi connectivity index (χ0n) is 14.1. The summed E-state index contributed by atoms with van der Waals surface area (Å²) in [5.41, 5.74) is 1.07. The lowest BCUT2D eigenvalue weighted by Crippen LogP contribution is -2.14. The van der Waals surface area contributed by atoms with E-state index in [4.69, 9.17) is 4.42 Å². The van der Waals surface area contributed by atoms with Gasteiger partial charge in [-0.3, -0.25) is 9.79 Å². The molecule has 0 amide bonds. The fourth-order valence-electron chi connectivity index (χ4n) is 2.75. The highest BCUT2D eigenvalue weighted by Crippen LogP contribution is 2.26. The van der Waals surface area contributed by atoms with Gasteiger partial charge in [0.15, 0.2) is 0 Å². The number of nitrogens with zero attached hydrogens (tertiary/aromatic N) is 1. The third-order valence-electron chi connectivity index (χ3n) is 3.93. The highest BCUT2D eigenvalue weighted by molar-refractivity contribution is 6.07. The fourth-order valence-corrected chi connectivity index (χ4v) is 2.75. The third-order valence-corrected chi connectivity index (χ3v) is 3.93. The second-order valence-corrected chi connectivity index (χ2v) is 5.80. The number of aliphatic imine (C=N–C) groups is 1. The predicted octanol–water partition coefficient (Wildman–Crippen LogP) is 4.60. The van der Waals surface area contributed by atoms with Crippen molar-refractivity contribution >= 4 is 33.8 Å². The zero-order valence-corrected chi connectivity index (χ0v) is 14.1. The molecule has 0 aliphatic heterocycles. The Balaban J connectivity index is 2.28. The minimum atomic E-state index is -0.0356. The first-order valence-corrected chi connectivity index (χ1v) is 8.48. The molecule has 0 aliphatic carbocycles. The maximum absolute atomic E-state index is 13.1. The van der Waals surface area contributed by atoms with Crippen molar-refractivity contribution < 1.29 is 4.42 Å². The van der Waals surface area contributed by atoms with E-state index in [0.717, 1.165) is 30.2 Å². The molecule has 1 N–H and O–H groups in total. The molecule has 1 heterocycles. The average molecular weight is 322 g/mol. The minimum Gasteiger partial charge on any atom is -0.440 e. The number of benzene rings is 2. The van der Waals surface area contributed by atoms with E-state index in [9.17, 15) is 4.79 Å². The van der Waals surface area contributed by atoms with E-state index >= 15 is 0 Å². The lowest BCUT2D eigenvalue weighted by Gasteiger charge is -2.10. The van der Waals surface area contributed by atoms with Gasteiger partial charge in [0.1, 0.15) is 11.1 Å². The molecule has 0 aliphatic rings. The Hall–Kier alpha value is -2.62. The van der Waals surface area contributed by atoms with Crippen LogP contribution in [0.1, 0.15) is 32.3 Å². The van der Waals surface area contributed by atoms with Crippen LogP contribution in [0, 0.1) is 0 Å². The van der Waals surface area contributed by atoms with E-state index in [2.05, 4.69) is 24.2 Å². The van der Waals surface area contributed by atoms with Crippen LogP contribution in [-0.4, -0.2) is 19.3 Å². The van der Waals surface area contributed by atoms with Gasteiger partial charge < -0.3 is 9.73 Å². The van der Waals surface area contributed by atoms with Crippen LogP contribution in [0.2, 0.25) is 0 Å². The van der Waals surface area contributed by atoms with Crippen LogP contribution in [0.25, 0.3) is 21.7 Å². The van der Waals surface area contributed by atoms with Crippen molar-refractivity contribution in [3.63, 3.8) is 0 Å². The van der Waals surface area contributed by atoms with Crippen molar-refractivity contribution in [3.8, 4) is 0 Å². The van der Waals surface area contributed by atoms with Crippen LogP contribution >= 0.6 is 0 Å². The van der Waals surface area contributed by atoms with Gasteiger partial charge in [0, 0.05) is 19.3 Å². The summed E-state index contributed by atoms with van der Waals surface area (Å²) in [6.45, 7) is 5.57. The summed E-state index contributed by atoms with van der Waals surface area (Å²) in [7, 11) is 0. The number of fused-ring (bicyclic) bond motifs is 3. The van der Waals surface area contributed by atoms with E-state index < -0.39 is 0 Å². The van der Waals surface area contributed by atoms with E-state index in [0.29, 0.717) is 29.0 Å². The van der Waals surface area contributed by atoms with Gasteiger partial charge in [-0.25, -0.2) is 0 Å². The van der Waals surface area contributed by atoms with Crippen molar-refractivity contribution in [2.75, 3.05) is 18.4 Å². The summed E-state index contributed by atoms with van der Waals surface area (Å²) in [5, 5.41) is 5.78. The summed E-state index contributed by atoms with van der Waals surface area (Å²) in [4.78, 5) is 17.5. The van der Waals surface area contributed by atoms with E-state index in [1.54, 1.807) is 6.21 Å². The van der Waals surface area contributed by atoms with Gasteiger partial charge in [-0.1, -0.05) is 44.2 Å². The van der Waals surface area contributed by atoms with Crippen molar-refractivity contribution in [1.82, 2.24) is 0 Å². The smallest absolute Gasteiger partial charge is 0.206 e. The minimum absolute atomic E-state index is 0.0356. The molecule has 4 nitrogen and oxygen atoms in total. The van der Waals surface area contributed by atoms with Crippen molar-refractivity contribution in [2.24, 2.45) is 4.99 Å². The zero-order chi connectivity index (χ0) is 16.9. The average Bonchev–Trinajstić information content (AvgIpc) is 2.61. The summed E-state index contributed by atoms with van der Waals surface area (Å²) in [5.74, 6) is 0.504. The third kappa shape index (κ3) is 3.04. The normalized spacial score (nSPS) is 11.6. The van der Waals surface area contributed by atoms with Gasteiger partial charge in [0.2, 0.25) is 11.3 Å². The maximum atomic E-state index is 13.1. The van der Waals surface area contributed by atoms with Gasteiger partial charge in [-0.2, -0.15) is 0 Å². The second kappa shape index (κ2) is 7.30. The molecule has 0 spiro atoms. The topological polar surface area (TPSA) is 54.6 Å². The first-order chi connectivity index (χ1) is 11.8. The van der Waals surface area contributed by atoms with Crippen molar-refractivity contribution in [3.05, 3.63) is 52.2 Å². The number of hydrogen-bond acceptors (Lipinski definition) is 4. The Morgan fingerprint density at radius 3 is 2.75 bits per heavy atom. The van der Waals surface area contributed by atoms with Crippen LogP contribution < -0.4 is 10.7 Å². The Morgan fingerprint density at radius 1 is 1.12 bits per heavy atom. The predicted molar refractivity (Wildman–Crippen MR) is 102 cm³/mol. The largest absolute Gasteiger partial charge is 0.440 e. The van der Waals surface area contributed by atoms with Crippen molar-refractivity contribution in [2.45, 2.75) is 26.7 Å². The van der Waals surface area contributed by atoms with Gasteiger partial charge in [0.25, 0.3) is 0 Å². The number of hydrogen-bond donors (Lipinski definition) is 1. The van der Waals surface area contributed by atoms with E-state index in [1.807, 2.05) is 36.4 Å². The Bertz CT molecular complexity index is 941. The lowest BCUT2D eigenvalue weighted by atomic mass is 10.0. The van der Waals surface area contributed by atoms with Gasteiger partial charge in [0.05, 0.1) is 5.39 Å². The molecule has 0 radical (unpaired) electrons. The summed E-state index contributed by atoms with van der Waals surface area (Å²) in [6, 6.07) is 11.7. The highest BCUT2D eigenvalue weighted by atomic mass is 16.3. The van der Waals surface area contributed by atoms with Gasteiger partial charge >= 0.3 is 0 Å².